The first kappa shape index (κ1) is 17.7. The average Bonchev–Trinajstić information content (AvgIpc) is 3.23. The van der Waals surface area contributed by atoms with Gasteiger partial charge >= 0.3 is 5.69 Å². The molecule has 0 aliphatic carbocycles. The van der Waals surface area contributed by atoms with Gasteiger partial charge in [-0.15, -0.1) is 0 Å². The van der Waals surface area contributed by atoms with Gasteiger partial charge in [-0.05, 0) is 36.8 Å². The lowest BCUT2D eigenvalue weighted by atomic mass is 10.3. The van der Waals surface area contributed by atoms with Crippen LogP contribution in [0.15, 0.2) is 52.4 Å². The highest BCUT2D eigenvalue weighted by Crippen LogP contribution is 2.26. The molecule has 0 amide bonds. The Kier molecular flexibility index (Phi) is 4.27. The number of rotatable bonds is 4. The highest BCUT2D eigenvalue weighted by molar-refractivity contribution is 7.89. The topological polar surface area (TPSA) is 86.4 Å². The summed E-state index contributed by atoms with van der Waals surface area (Å²) in [5, 5.41) is 0. The summed E-state index contributed by atoms with van der Waals surface area (Å²) in [6, 6.07) is 8.35. The number of aryl methyl sites for hydroxylation is 2. The van der Waals surface area contributed by atoms with Crippen LogP contribution in [0.2, 0.25) is 0 Å². The van der Waals surface area contributed by atoms with Crippen LogP contribution in [0.5, 0.6) is 5.75 Å². The summed E-state index contributed by atoms with van der Waals surface area (Å²) in [7, 11) is -0.363. The fourth-order valence-corrected chi connectivity index (χ4v) is 4.92. The molecule has 0 radical (unpaired) electrons. The zero-order chi connectivity index (χ0) is 19.2. The van der Waals surface area contributed by atoms with Crippen LogP contribution in [0.3, 0.4) is 0 Å². The average molecular weight is 388 g/mol. The van der Waals surface area contributed by atoms with Gasteiger partial charge in [0.05, 0.1) is 28.7 Å². The van der Waals surface area contributed by atoms with Crippen molar-refractivity contribution in [2.24, 2.45) is 14.1 Å². The molecule has 142 valence electrons. The van der Waals surface area contributed by atoms with Crippen LogP contribution >= 0.6 is 0 Å². The van der Waals surface area contributed by atoms with E-state index in [1.807, 2.05) is 0 Å². The summed E-state index contributed by atoms with van der Waals surface area (Å²) in [5.41, 5.74) is 1.09. The lowest BCUT2D eigenvalue weighted by molar-refractivity contribution is 0.214. The maximum absolute atomic E-state index is 13.0. The van der Waals surface area contributed by atoms with Crippen LogP contribution < -0.4 is 10.4 Å². The molecule has 8 nitrogen and oxygen atoms in total. The zero-order valence-corrected chi connectivity index (χ0v) is 15.9. The highest BCUT2D eigenvalue weighted by atomic mass is 32.2. The lowest BCUT2D eigenvalue weighted by Gasteiger charge is -2.17. The van der Waals surface area contributed by atoms with Crippen molar-refractivity contribution < 1.29 is 13.2 Å². The zero-order valence-electron chi connectivity index (χ0n) is 15.1. The van der Waals surface area contributed by atoms with Gasteiger partial charge in [-0.25, -0.2) is 13.2 Å². The minimum atomic E-state index is -3.66. The van der Waals surface area contributed by atoms with Crippen molar-refractivity contribution in [3.63, 3.8) is 0 Å². The van der Waals surface area contributed by atoms with Crippen LogP contribution in [0.1, 0.15) is 6.42 Å². The molecule has 0 spiro atoms. The van der Waals surface area contributed by atoms with E-state index in [2.05, 4.69) is 4.98 Å². The maximum atomic E-state index is 13.0. The Morgan fingerprint density at radius 3 is 2.67 bits per heavy atom. The molecular weight excluding hydrogens is 368 g/mol. The third kappa shape index (κ3) is 3.02. The molecule has 9 heteroatoms. The van der Waals surface area contributed by atoms with Gasteiger partial charge in [0.15, 0.2) is 0 Å². The van der Waals surface area contributed by atoms with E-state index < -0.39 is 10.0 Å². The monoisotopic (exact) mass is 388 g/mol. The number of sulfonamides is 1. The van der Waals surface area contributed by atoms with Crippen molar-refractivity contribution in [3.05, 3.63) is 53.2 Å². The van der Waals surface area contributed by atoms with Gasteiger partial charge < -0.3 is 4.74 Å². The van der Waals surface area contributed by atoms with E-state index in [9.17, 15) is 13.2 Å². The predicted molar refractivity (Wildman–Crippen MR) is 100 cm³/mol. The van der Waals surface area contributed by atoms with Gasteiger partial charge in [-0.1, -0.05) is 0 Å². The van der Waals surface area contributed by atoms with E-state index in [0.717, 1.165) is 0 Å². The number of nitrogens with zero attached hydrogens (tertiary/aromatic N) is 4. The summed E-state index contributed by atoms with van der Waals surface area (Å²) < 4.78 is 36.3. The van der Waals surface area contributed by atoms with Crippen molar-refractivity contribution in [3.8, 4) is 5.75 Å². The van der Waals surface area contributed by atoms with Crippen LogP contribution in [-0.2, 0) is 24.1 Å². The van der Waals surface area contributed by atoms with Crippen molar-refractivity contribution >= 4 is 21.1 Å². The first-order valence-corrected chi connectivity index (χ1v) is 10.0. The first-order chi connectivity index (χ1) is 12.9. The van der Waals surface area contributed by atoms with Crippen molar-refractivity contribution in [2.75, 3.05) is 13.1 Å². The third-order valence-corrected chi connectivity index (χ3v) is 6.79. The first-order valence-electron chi connectivity index (χ1n) is 8.60. The molecule has 1 aliphatic rings. The van der Waals surface area contributed by atoms with Crippen LogP contribution in [0, 0.1) is 0 Å². The maximum Gasteiger partial charge on any atom is 0.328 e. The van der Waals surface area contributed by atoms with E-state index in [0.29, 0.717) is 29.7 Å². The molecule has 1 aliphatic heterocycles. The molecule has 2 aromatic heterocycles. The Hall–Kier alpha value is -2.65. The summed E-state index contributed by atoms with van der Waals surface area (Å²) in [5.74, 6) is 0.627. The summed E-state index contributed by atoms with van der Waals surface area (Å²) in [6.07, 6.45) is 3.67. The number of hydrogen-bond donors (Lipinski definition) is 0. The molecule has 3 aromatic rings. The molecule has 4 rings (SSSR count). The summed E-state index contributed by atoms with van der Waals surface area (Å²) in [6.45, 7) is 0.669. The fourth-order valence-electron chi connectivity index (χ4n) is 3.42. The van der Waals surface area contributed by atoms with E-state index in [-0.39, 0.29) is 23.2 Å². The van der Waals surface area contributed by atoms with Gasteiger partial charge in [0.25, 0.3) is 0 Å². The molecule has 0 unspecified atom stereocenters. The van der Waals surface area contributed by atoms with E-state index in [4.69, 9.17) is 4.74 Å². The second-order valence-corrected chi connectivity index (χ2v) is 8.57. The minimum Gasteiger partial charge on any atom is -0.487 e. The minimum absolute atomic E-state index is 0.179. The van der Waals surface area contributed by atoms with Gasteiger partial charge in [-0.3, -0.25) is 14.1 Å². The van der Waals surface area contributed by atoms with Crippen LogP contribution in [0.4, 0.5) is 0 Å². The number of fused-ring (bicyclic) bond motifs is 1. The fraction of sp³-hybridized carbons (Fsp3) is 0.333. The molecule has 3 heterocycles. The normalized spacial score (nSPS) is 18.2. The number of ether oxygens (including phenoxy) is 1. The SMILES string of the molecule is Cn1c(=O)n(C)c2cc(S(=O)(=O)N3CC[C@H](Oc4cccnc4)C3)ccc21. The van der Waals surface area contributed by atoms with E-state index in [1.54, 1.807) is 56.8 Å². The van der Waals surface area contributed by atoms with Gasteiger partial charge in [0.2, 0.25) is 10.0 Å². The molecule has 1 fully saturated rings. The Morgan fingerprint density at radius 1 is 1.15 bits per heavy atom. The Morgan fingerprint density at radius 2 is 1.93 bits per heavy atom. The van der Waals surface area contributed by atoms with Crippen molar-refractivity contribution in [1.82, 2.24) is 18.4 Å². The molecule has 1 saturated heterocycles. The highest BCUT2D eigenvalue weighted by Gasteiger charge is 2.34. The molecule has 0 saturated carbocycles. The molecular formula is C18H20N4O4S. The molecule has 0 N–H and O–H groups in total. The summed E-state index contributed by atoms with van der Waals surface area (Å²) in [4.78, 5) is 16.2. The van der Waals surface area contributed by atoms with Crippen molar-refractivity contribution in [1.29, 1.82) is 0 Å². The van der Waals surface area contributed by atoms with Gasteiger partial charge in [-0.2, -0.15) is 4.31 Å². The molecule has 1 atom stereocenters. The van der Waals surface area contributed by atoms with Gasteiger partial charge in [0.1, 0.15) is 11.9 Å². The molecule has 0 bridgehead atoms. The summed E-state index contributed by atoms with van der Waals surface area (Å²) >= 11 is 0. The quantitative estimate of drug-likeness (QED) is 0.668. The predicted octanol–water partition coefficient (Wildman–Crippen LogP) is 1.11. The molecule has 27 heavy (non-hydrogen) atoms. The number of hydrogen-bond acceptors (Lipinski definition) is 5. The molecule has 1 aromatic carbocycles. The van der Waals surface area contributed by atoms with E-state index in [1.165, 1.54) is 13.4 Å². The van der Waals surface area contributed by atoms with E-state index >= 15 is 0 Å². The number of pyridine rings is 1. The smallest absolute Gasteiger partial charge is 0.328 e. The Bertz CT molecular complexity index is 1150. The van der Waals surface area contributed by atoms with Gasteiger partial charge in [0, 0.05) is 26.8 Å². The second kappa shape index (κ2) is 6.50. The Labute approximate surface area is 156 Å². The second-order valence-electron chi connectivity index (χ2n) is 6.63. The van der Waals surface area contributed by atoms with Crippen molar-refractivity contribution in [2.45, 2.75) is 17.4 Å². The van der Waals surface area contributed by atoms with Crippen LogP contribution in [0.25, 0.3) is 11.0 Å². The number of imidazole rings is 1. The largest absolute Gasteiger partial charge is 0.487 e. The number of aromatic nitrogens is 3. The Balaban J connectivity index is 1.59. The number of benzene rings is 1. The lowest BCUT2D eigenvalue weighted by Crippen LogP contribution is -2.31. The van der Waals surface area contributed by atoms with Crippen LogP contribution in [-0.4, -0.2) is 46.0 Å². The standard InChI is InChI=1S/C18H20N4O4S/c1-20-16-6-5-15(10-17(16)21(2)18(20)23)27(24,25)22-9-7-14(12-22)26-13-4-3-8-19-11-13/h3-6,8,10-11,14H,7,9,12H2,1-2H3/t14-/m0/s1. The third-order valence-electron chi connectivity index (χ3n) is 4.93.